The van der Waals surface area contributed by atoms with Crippen molar-refractivity contribution in [2.75, 3.05) is 18.8 Å². The topological polar surface area (TPSA) is 55.6 Å². The minimum absolute atomic E-state index is 0.0141. The number of nitrogen functional groups attached to an aromatic ring is 1. The van der Waals surface area contributed by atoms with Crippen LogP contribution in [0.3, 0.4) is 0 Å². The molecule has 0 aliphatic carbocycles. The second-order valence-electron chi connectivity index (χ2n) is 5.47. The van der Waals surface area contributed by atoms with Gasteiger partial charge in [0.15, 0.2) is 0 Å². The van der Waals surface area contributed by atoms with Crippen molar-refractivity contribution in [1.29, 1.82) is 0 Å². The smallest absolute Gasteiger partial charge is 0.398 e. The molecule has 1 amide bonds. The Labute approximate surface area is 119 Å². The standard InChI is InChI=1S/C14H15F3N2O2/c15-14(16,17)8-1-4-12(18)11(5-8)13(20)19-6-9-2-3-10(7-19)21-9/h1,4-5,9-10H,2-3,6-7,18H2. The van der Waals surface area contributed by atoms with Crippen LogP contribution in [0.2, 0.25) is 0 Å². The number of hydrogen-bond acceptors (Lipinski definition) is 3. The van der Waals surface area contributed by atoms with Crippen LogP contribution in [0.4, 0.5) is 18.9 Å². The number of nitrogens with two attached hydrogens (primary N) is 1. The summed E-state index contributed by atoms with van der Waals surface area (Å²) in [7, 11) is 0. The molecule has 21 heavy (non-hydrogen) atoms. The summed E-state index contributed by atoms with van der Waals surface area (Å²) in [5.41, 5.74) is 4.78. The summed E-state index contributed by atoms with van der Waals surface area (Å²) in [4.78, 5) is 14.0. The molecule has 0 spiro atoms. The maximum atomic E-state index is 12.8. The Hall–Kier alpha value is -1.76. The number of alkyl halides is 3. The Morgan fingerprint density at radius 2 is 1.86 bits per heavy atom. The van der Waals surface area contributed by atoms with Crippen LogP contribution in [0.1, 0.15) is 28.8 Å². The molecule has 2 N–H and O–H groups in total. The molecule has 2 aliphatic rings. The van der Waals surface area contributed by atoms with E-state index in [4.69, 9.17) is 10.5 Å². The van der Waals surface area contributed by atoms with Crippen LogP contribution in [-0.4, -0.2) is 36.1 Å². The number of fused-ring (bicyclic) bond motifs is 2. The molecular formula is C14H15F3N2O2. The van der Waals surface area contributed by atoms with Gasteiger partial charge in [0.05, 0.1) is 23.3 Å². The van der Waals surface area contributed by atoms with E-state index in [1.165, 1.54) is 4.90 Å². The van der Waals surface area contributed by atoms with E-state index >= 15 is 0 Å². The number of morpholine rings is 1. The monoisotopic (exact) mass is 300 g/mol. The summed E-state index contributed by atoms with van der Waals surface area (Å²) in [6.45, 7) is 0.816. The molecule has 4 nitrogen and oxygen atoms in total. The number of anilines is 1. The average Bonchev–Trinajstić information content (AvgIpc) is 2.76. The Kier molecular flexibility index (Phi) is 3.32. The lowest BCUT2D eigenvalue weighted by Crippen LogP contribution is -2.46. The highest BCUT2D eigenvalue weighted by atomic mass is 19.4. The summed E-state index contributed by atoms with van der Waals surface area (Å²) < 4.78 is 43.9. The fraction of sp³-hybridized carbons (Fsp3) is 0.500. The van der Waals surface area contributed by atoms with Gasteiger partial charge in [-0.3, -0.25) is 4.79 Å². The highest BCUT2D eigenvalue weighted by Crippen LogP contribution is 2.32. The van der Waals surface area contributed by atoms with Crippen LogP contribution in [0, 0.1) is 0 Å². The molecule has 2 unspecified atom stereocenters. The van der Waals surface area contributed by atoms with Crippen molar-refractivity contribution in [3.63, 3.8) is 0 Å². The summed E-state index contributed by atoms with van der Waals surface area (Å²) >= 11 is 0. The van der Waals surface area contributed by atoms with Crippen molar-refractivity contribution >= 4 is 11.6 Å². The molecule has 2 saturated heterocycles. The lowest BCUT2D eigenvalue weighted by molar-refractivity contribution is -0.137. The zero-order chi connectivity index (χ0) is 15.2. The SMILES string of the molecule is Nc1ccc(C(F)(F)F)cc1C(=O)N1CC2CCC(C1)O2. The number of nitrogens with zero attached hydrogens (tertiary/aromatic N) is 1. The van der Waals surface area contributed by atoms with Crippen LogP contribution >= 0.6 is 0 Å². The number of rotatable bonds is 1. The molecule has 114 valence electrons. The van der Waals surface area contributed by atoms with Crippen LogP contribution in [-0.2, 0) is 10.9 Å². The van der Waals surface area contributed by atoms with Gasteiger partial charge in [-0.15, -0.1) is 0 Å². The Bertz CT molecular complexity index is 562. The summed E-state index contributed by atoms with van der Waals surface area (Å²) in [6, 6.07) is 2.84. The van der Waals surface area contributed by atoms with Crippen molar-refractivity contribution in [2.24, 2.45) is 0 Å². The number of ether oxygens (including phenoxy) is 1. The molecule has 7 heteroatoms. The molecule has 2 fully saturated rings. The first-order chi connectivity index (χ1) is 9.84. The first-order valence-electron chi connectivity index (χ1n) is 6.76. The zero-order valence-electron chi connectivity index (χ0n) is 11.2. The number of hydrogen-bond donors (Lipinski definition) is 1. The number of halogens is 3. The molecule has 1 aromatic carbocycles. The molecule has 2 heterocycles. The van der Waals surface area contributed by atoms with E-state index in [1.807, 2.05) is 0 Å². The highest BCUT2D eigenvalue weighted by Gasteiger charge is 2.37. The van der Waals surface area contributed by atoms with Crippen molar-refractivity contribution < 1.29 is 22.7 Å². The van der Waals surface area contributed by atoms with Crippen molar-refractivity contribution in [2.45, 2.75) is 31.2 Å². The molecule has 3 rings (SSSR count). The number of amides is 1. The maximum absolute atomic E-state index is 12.8. The first kappa shape index (κ1) is 14.2. The molecule has 2 aliphatic heterocycles. The maximum Gasteiger partial charge on any atom is 0.416 e. The largest absolute Gasteiger partial charge is 0.416 e. The lowest BCUT2D eigenvalue weighted by atomic mass is 10.1. The first-order valence-corrected chi connectivity index (χ1v) is 6.76. The van der Waals surface area contributed by atoms with Crippen molar-refractivity contribution in [1.82, 2.24) is 4.90 Å². The quantitative estimate of drug-likeness (QED) is 0.810. The minimum Gasteiger partial charge on any atom is -0.398 e. The second kappa shape index (κ2) is 4.91. The van der Waals surface area contributed by atoms with Gasteiger partial charge in [-0.05, 0) is 31.0 Å². The molecular weight excluding hydrogens is 285 g/mol. The fourth-order valence-electron chi connectivity index (χ4n) is 2.87. The molecule has 0 saturated carbocycles. The third-order valence-corrected chi connectivity index (χ3v) is 3.94. The van der Waals surface area contributed by atoms with E-state index in [1.54, 1.807) is 0 Å². The lowest BCUT2D eigenvalue weighted by Gasteiger charge is -2.32. The molecule has 2 bridgehead atoms. The second-order valence-corrected chi connectivity index (χ2v) is 5.47. The van der Waals surface area contributed by atoms with E-state index in [0.717, 1.165) is 31.0 Å². The van der Waals surface area contributed by atoms with Gasteiger partial charge in [-0.1, -0.05) is 0 Å². The average molecular weight is 300 g/mol. The molecule has 0 radical (unpaired) electrons. The summed E-state index contributed by atoms with van der Waals surface area (Å²) in [5, 5.41) is 0. The number of likely N-dealkylation sites (tertiary alicyclic amines) is 1. The van der Waals surface area contributed by atoms with E-state index in [-0.39, 0.29) is 23.5 Å². The van der Waals surface area contributed by atoms with Gasteiger partial charge in [0, 0.05) is 18.8 Å². The van der Waals surface area contributed by atoms with Gasteiger partial charge in [0.25, 0.3) is 5.91 Å². The third-order valence-electron chi connectivity index (χ3n) is 3.94. The van der Waals surface area contributed by atoms with Crippen LogP contribution in [0.25, 0.3) is 0 Å². The number of carbonyl (C=O) groups is 1. The Morgan fingerprint density at radius 3 is 2.43 bits per heavy atom. The van der Waals surface area contributed by atoms with Crippen LogP contribution < -0.4 is 5.73 Å². The van der Waals surface area contributed by atoms with Gasteiger partial charge in [-0.2, -0.15) is 13.2 Å². The van der Waals surface area contributed by atoms with E-state index < -0.39 is 17.6 Å². The normalized spacial score (nSPS) is 25.2. The highest BCUT2D eigenvalue weighted by molar-refractivity contribution is 5.99. The minimum atomic E-state index is -4.49. The Balaban J connectivity index is 1.87. The fourth-order valence-corrected chi connectivity index (χ4v) is 2.87. The van der Waals surface area contributed by atoms with Crippen molar-refractivity contribution in [3.8, 4) is 0 Å². The van der Waals surface area contributed by atoms with Gasteiger partial charge in [0.2, 0.25) is 0 Å². The van der Waals surface area contributed by atoms with Gasteiger partial charge in [0.1, 0.15) is 0 Å². The Morgan fingerprint density at radius 1 is 1.24 bits per heavy atom. The predicted molar refractivity (Wildman–Crippen MR) is 69.7 cm³/mol. The van der Waals surface area contributed by atoms with Gasteiger partial charge >= 0.3 is 6.18 Å². The van der Waals surface area contributed by atoms with Gasteiger partial charge < -0.3 is 15.4 Å². The third kappa shape index (κ3) is 2.70. The summed E-state index contributed by atoms with van der Waals surface area (Å²) in [5.74, 6) is -0.459. The molecule has 1 aromatic rings. The zero-order valence-corrected chi connectivity index (χ0v) is 11.2. The molecule has 0 aromatic heterocycles. The predicted octanol–water partition coefficient (Wildman–Crippen LogP) is 2.29. The van der Waals surface area contributed by atoms with E-state index in [2.05, 4.69) is 0 Å². The van der Waals surface area contributed by atoms with Crippen LogP contribution in [0.15, 0.2) is 18.2 Å². The number of benzene rings is 1. The molecule has 2 atom stereocenters. The number of carbonyl (C=O) groups excluding carboxylic acids is 1. The van der Waals surface area contributed by atoms with Gasteiger partial charge in [-0.25, -0.2) is 0 Å². The van der Waals surface area contributed by atoms with E-state index in [9.17, 15) is 18.0 Å². The van der Waals surface area contributed by atoms with Crippen molar-refractivity contribution in [3.05, 3.63) is 29.3 Å². The summed E-state index contributed by atoms with van der Waals surface area (Å²) in [6.07, 6.45) is -2.76. The van der Waals surface area contributed by atoms with E-state index in [0.29, 0.717) is 13.1 Å². The van der Waals surface area contributed by atoms with Crippen LogP contribution in [0.5, 0.6) is 0 Å².